The van der Waals surface area contributed by atoms with Crippen LogP contribution in [-0.4, -0.2) is 60.0 Å². The molecule has 1 N–H and O–H groups in total. The van der Waals surface area contributed by atoms with Crippen molar-refractivity contribution >= 4 is 52.6 Å². The molecule has 250 valence electrons. The van der Waals surface area contributed by atoms with Gasteiger partial charge in [0.15, 0.2) is 0 Å². The van der Waals surface area contributed by atoms with Crippen molar-refractivity contribution in [2.45, 2.75) is 37.3 Å². The molecule has 1 aromatic heterocycles. The maximum absolute atomic E-state index is 12.8. The molecule has 1 unspecified atom stereocenters. The molecule has 3 aromatic carbocycles. The average Bonchev–Trinajstić information content (AvgIpc) is 3.33. The van der Waals surface area contributed by atoms with Crippen molar-refractivity contribution in [1.29, 1.82) is 0 Å². The maximum Gasteiger partial charge on any atom is 0.416 e. The lowest BCUT2D eigenvalue weighted by Crippen LogP contribution is -2.44. The number of aryl methyl sites for hydroxylation is 2. The Kier molecular flexibility index (Phi) is 11.2. The number of likely N-dealkylation sites (tertiary alicyclic amines) is 1. The minimum absolute atomic E-state index is 0.0381. The summed E-state index contributed by atoms with van der Waals surface area (Å²) in [6.07, 6.45) is -3.78. The summed E-state index contributed by atoms with van der Waals surface area (Å²) in [5, 5.41) is 1.93. The van der Waals surface area contributed by atoms with E-state index in [9.17, 15) is 31.9 Å². The van der Waals surface area contributed by atoms with Gasteiger partial charge in [-0.2, -0.15) is 13.2 Å². The normalized spacial score (nSPS) is 16.2. The van der Waals surface area contributed by atoms with Crippen LogP contribution < -0.4 is 9.62 Å². The third-order valence-electron chi connectivity index (χ3n) is 8.08. The Balaban J connectivity index is 0.000000300. The standard InChI is InChI=1S/C25H30N4O3S.C8H5F4NO/c1-16-26-23-14-20(10-11-24(23)27(16)3)33-28(4)19-8-6-18(7-9-19)22-15-29(17(2)30)13-12-21(22)25(31)32-5;9-6-3-5(8(10,11)12)1-2-7(6)13-4-14/h6-11,14,21-22H,12-13,15H2,1-5H3;1-4H,(H,13,14)/t21?,22-;/m0./s1. The number of amides is 2. The number of piperidine rings is 1. The summed E-state index contributed by atoms with van der Waals surface area (Å²) in [4.78, 5) is 41.8. The van der Waals surface area contributed by atoms with E-state index in [-0.39, 0.29) is 35.8 Å². The SMILES string of the molecule is COC(=O)C1CCN(C(C)=O)C[C@H]1c1ccc(N(C)Sc2ccc3c(c2)nc(C)n3C)cc1.O=CNc1ccc(C(F)(F)F)cc1F. The Morgan fingerprint density at radius 3 is 2.40 bits per heavy atom. The number of carbonyl (C=O) groups is 3. The first-order valence-corrected chi connectivity index (χ1v) is 15.4. The number of alkyl halides is 3. The summed E-state index contributed by atoms with van der Waals surface area (Å²) in [7, 11) is 5.48. The van der Waals surface area contributed by atoms with E-state index in [1.165, 1.54) is 7.11 Å². The largest absolute Gasteiger partial charge is 0.469 e. The van der Waals surface area contributed by atoms with E-state index in [0.29, 0.717) is 31.6 Å². The third-order valence-corrected chi connectivity index (χ3v) is 9.03. The summed E-state index contributed by atoms with van der Waals surface area (Å²) < 4.78 is 58.2. The van der Waals surface area contributed by atoms with Crippen LogP contribution in [0.5, 0.6) is 0 Å². The van der Waals surface area contributed by atoms with Crippen LogP contribution in [0.3, 0.4) is 0 Å². The minimum atomic E-state index is -4.58. The van der Waals surface area contributed by atoms with Crippen LogP contribution in [0.2, 0.25) is 0 Å². The van der Waals surface area contributed by atoms with E-state index < -0.39 is 17.6 Å². The smallest absolute Gasteiger partial charge is 0.416 e. The fourth-order valence-corrected chi connectivity index (χ4v) is 6.22. The van der Waals surface area contributed by atoms with Crippen LogP contribution in [0.1, 0.15) is 36.2 Å². The van der Waals surface area contributed by atoms with Gasteiger partial charge in [0.2, 0.25) is 12.3 Å². The van der Waals surface area contributed by atoms with E-state index in [4.69, 9.17) is 4.74 Å². The zero-order valence-corrected chi connectivity index (χ0v) is 27.3. The average molecular weight is 674 g/mol. The molecule has 5 rings (SSSR count). The molecule has 1 aliphatic heterocycles. The molecule has 9 nitrogen and oxygen atoms in total. The van der Waals surface area contributed by atoms with Gasteiger partial charge in [-0.3, -0.25) is 14.4 Å². The van der Waals surface area contributed by atoms with Gasteiger partial charge in [0.1, 0.15) is 11.6 Å². The molecule has 0 spiro atoms. The van der Waals surface area contributed by atoms with Crippen molar-refractivity contribution in [3.05, 3.63) is 83.4 Å². The van der Waals surface area contributed by atoms with Crippen molar-refractivity contribution in [2.75, 3.05) is 36.9 Å². The lowest BCUT2D eigenvalue weighted by molar-refractivity contribution is -0.149. The molecule has 14 heteroatoms. The fourth-order valence-electron chi connectivity index (χ4n) is 5.38. The summed E-state index contributed by atoms with van der Waals surface area (Å²) in [6, 6.07) is 16.4. The number of anilines is 2. The number of hydrogen-bond acceptors (Lipinski definition) is 7. The summed E-state index contributed by atoms with van der Waals surface area (Å²) in [5.74, 6) is -0.607. The zero-order chi connectivity index (χ0) is 34.5. The number of rotatable bonds is 7. The van der Waals surface area contributed by atoms with Crippen molar-refractivity contribution in [3.8, 4) is 0 Å². The van der Waals surface area contributed by atoms with Crippen LogP contribution in [0, 0.1) is 18.7 Å². The molecule has 2 heterocycles. The quantitative estimate of drug-likeness (QED) is 0.103. The topological polar surface area (TPSA) is 96.8 Å². The number of halogens is 4. The number of hydrogen-bond donors (Lipinski definition) is 1. The molecule has 0 radical (unpaired) electrons. The van der Waals surface area contributed by atoms with Crippen LogP contribution in [0.15, 0.2) is 65.6 Å². The molecule has 47 heavy (non-hydrogen) atoms. The Labute approximate surface area is 274 Å². The number of esters is 1. The van der Waals surface area contributed by atoms with Gasteiger partial charge in [-0.15, -0.1) is 0 Å². The number of benzene rings is 3. The predicted octanol–water partition coefficient (Wildman–Crippen LogP) is 6.56. The Hall–Kier alpha value is -4.59. The Bertz CT molecular complexity index is 1750. The van der Waals surface area contributed by atoms with Gasteiger partial charge in [-0.05, 0) is 79.4 Å². The molecule has 2 atom stereocenters. The van der Waals surface area contributed by atoms with Crippen molar-refractivity contribution < 1.29 is 36.7 Å². The van der Waals surface area contributed by atoms with Crippen molar-refractivity contribution in [1.82, 2.24) is 14.5 Å². The van der Waals surface area contributed by atoms with Gasteiger partial charge in [-0.1, -0.05) is 12.1 Å². The van der Waals surface area contributed by atoms with Crippen molar-refractivity contribution in [3.63, 3.8) is 0 Å². The second-order valence-electron chi connectivity index (χ2n) is 11.0. The molecule has 0 bridgehead atoms. The van der Waals surface area contributed by atoms with Gasteiger partial charge < -0.3 is 23.8 Å². The number of fused-ring (bicyclic) bond motifs is 1. The molecule has 0 aliphatic carbocycles. The Morgan fingerprint density at radius 1 is 1.11 bits per heavy atom. The third kappa shape index (κ3) is 8.42. The highest BCUT2D eigenvalue weighted by molar-refractivity contribution is 8.00. The van der Waals surface area contributed by atoms with Crippen LogP contribution in [0.25, 0.3) is 11.0 Å². The van der Waals surface area contributed by atoms with Crippen LogP contribution >= 0.6 is 11.9 Å². The number of aromatic nitrogens is 2. The van der Waals surface area contributed by atoms with E-state index in [1.807, 2.05) is 31.2 Å². The predicted molar refractivity (Wildman–Crippen MR) is 172 cm³/mol. The molecule has 2 amide bonds. The van der Waals surface area contributed by atoms with Gasteiger partial charge in [0.25, 0.3) is 0 Å². The molecule has 0 saturated carbocycles. The number of carbonyl (C=O) groups excluding carboxylic acids is 3. The van der Waals surface area contributed by atoms with Crippen molar-refractivity contribution in [2.24, 2.45) is 13.0 Å². The molecule has 4 aromatic rings. The highest BCUT2D eigenvalue weighted by Gasteiger charge is 2.36. The maximum atomic E-state index is 12.8. The van der Waals surface area contributed by atoms with Gasteiger partial charge in [0.05, 0.1) is 35.3 Å². The lowest BCUT2D eigenvalue weighted by atomic mass is 9.80. The van der Waals surface area contributed by atoms with Gasteiger partial charge in [0, 0.05) is 50.6 Å². The molecule has 1 saturated heterocycles. The van der Waals surface area contributed by atoms with E-state index in [2.05, 4.69) is 56.3 Å². The van der Waals surface area contributed by atoms with Gasteiger partial charge >= 0.3 is 12.1 Å². The number of imidazole rings is 1. The van der Waals surface area contributed by atoms with Crippen LogP contribution in [0.4, 0.5) is 28.9 Å². The summed E-state index contributed by atoms with van der Waals surface area (Å²) in [5.41, 5.74) is 2.83. The second kappa shape index (κ2) is 14.9. The van der Waals surface area contributed by atoms with E-state index in [0.717, 1.165) is 39.1 Å². The highest BCUT2D eigenvalue weighted by Crippen LogP contribution is 2.36. The number of methoxy groups -OCH3 is 1. The molecule has 1 fully saturated rings. The molecular formula is C33H35F4N5O4S. The number of nitrogens with zero attached hydrogens (tertiary/aromatic N) is 4. The van der Waals surface area contributed by atoms with E-state index in [1.54, 1.807) is 18.9 Å². The van der Waals surface area contributed by atoms with Crippen LogP contribution in [-0.2, 0) is 32.3 Å². The first-order valence-electron chi connectivity index (χ1n) is 14.6. The second-order valence-corrected chi connectivity index (χ2v) is 12.2. The number of nitrogens with one attached hydrogen (secondary N) is 1. The minimum Gasteiger partial charge on any atom is -0.469 e. The first kappa shape index (κ1) is 35.3. The summed E-state index contributed by atoms with van der Waals surface area (Å²) >= 11 is 1.64. The Morgan fingerprint density at radius 2 is 1.81 bits per heavy atom. The fraction of sp³-hybridized carbons (Fsp3) is 0.333. The molecule has 1 aliphatic rings. The number of ether oxygens (including phenoxy) is 1. The van der Waals surface area contributed by atoms with E-state index >= 15 is 0 Å². The highest BCUT2D eigenvalue weighted by atomic mass is 32.2. The molecular weight excluding hydrogens is 638 g/mol. The lowest BCUT2D eigenvalue weighted by Gasteiger charge is -2.37. The zero-order valence-electron chi connectivity index (χ0n) is 26.5. The van der Waals surface area contributed by atoms with Gasteiger partial charge in [-0.25, -0.2) is 9.37 Å². The first-order chi connectivity index (χ1) is 22.2. The summed E-state index contributed by atoms with van der Waals surface area (Å²) in [6.45, 7) is 4.70. The monoisotopic (exact) mass is 673 g/mol.